The predicted molar refractivity (Wildman–Crippen MR) is 67.4 cm³/mol. The van der Waals surface area contributed by atoms with Gasteiger partial charge in [-0.15, -0.1) is 22.7 Å². The van der Waals surface area contributed by atoms with Crippen molar-refractivity contribution in [1.82, 2.24) is 4.98 Å². The molecule has 0 unspecified atom stereocenters. The van der Waals surface area contributed by atoms with Crippen LogP contribution >= 0.6 is 22.7 Å². The molecule has 80 valence electrons. The van der Waals surface area contributed by atoms with Gasteiger partial charge in [0, 0.05) is 17.3 Å². The van der Waals surface area contributed by atoms with Gasteiger partial charge in [0.05, 0.1) is 10.6 Å². The molecule has 2 N–H and O–H groups in total. The summed E-state index contributed by atoms with van der Waals surface area (Å²) in [6.07, 6.45) is 0.828. The number of thiophene rings is 1. The van der Waals surface area contributed by atoms with Crippen LogP contribution in [0.3, 0.4) is 0 Å². The molecule has 4 heteroatoms. The zero-order valence-corrected chi connectivity index (χ0v) is 10.5. The number of thiazole rings is 1. The lowest BCUT2D eigenvalue weighted by Crippen LogP contribution is -2.34. The molecule has 2 nitrogen and oxygen atoms in total. The van der Waals surface area contributed by atoms with Crippen LogP contribution in [0, 0.1) is 0 Å². The maximum Gasteiger partial charge on any atom is 0.133 e. The van der Waals surface area contributed by atoms with E-state index in [2.05, 4.69) is 21.8 Å². The van der Waals surface area contributed by atoms with E-state index >= 15 is 0 Å². The Hall–Kier alpha value is -0.710. The fraction of sp³-hybridized carbons (Fsp3) is 0.364. The van der Waals surface area contributed by atoms with Gasteiger partial charge in [0.25, 0.3) is 0 Å². The van der Waals surface area contributed by atoms with Crippen LogP contribution in [0.25, 0.3) is 9.88 Å². The highest BCUT2D eigenvalue weighted by Gasteiger charge is 2.14. The second-order valence-electron chi connectivity index (χ2n) is 4.29. The number of hydrogen-bond donors (Lipinski definition) is 1. The molecule has 2 aromatic heterocycles. The molecule has 0 spiro atoms. The van der Waals surface area contributed by atoms with Gasteiger partial charge >= 0.3 is 0 Å². The lowest BCUT2D eigenvalue weighted by atomic mass is 10.0. The maximum atomic E-state index is 5.96. The summed E-state index contributed by atoms with van der Waals surface area (Å²) < 4.78 is 0. The van der Waals surface area contributed by atoms with Crippen LogP contribution in [0.1, 0.15) is 19.5 Å². The molecule has 2 rings (SSSR count). The summed E-state index contributed by atoms with van der Waals surface area (Å²) in [7, 11) is 0. The van der Waals surface area contributed by atoms with Crippen LogP contribution < -0.4 is 5.73 Å². The van der Waals surface area contributed by atoms with Crippen LogP contribution in [0.4, 0.5) is 0 Å². The van der Waals surface area contributed by atoms with Crippen molar-refractivity contribution in [2.45, 2.75) is 25.8 Å². The molecule has 0 aliphatic carbocycles. The average Bonchev–Trinajstić information content (AvgIpc) is 2.68. The van der Waals surface area contributed by atoms with Crippen molar-refractivity contribution in [1.29, 1.82) is 0 Å². The van der Waals surface area contributed by atoms with Gasteiger partial charge in [0.2, 0.25) is 0 Å². The van der Waals surface area contributed by atoms with Crippen LogP contribution in [-0.4, -0.2) is 10.5 Å². The largest absolute Gasteiger partial charge is 0.325 e. The highest BCUT2D eigenvalue weighted by molar-refractivity contribution is 7.20. The molecule has 0 aliphatic rings. The molecule has 0 aromatic carbocycles. The van der Waals surface area contributed by atoms with E-state index in [0.29, 0.717) is 0 Å². The molecule has 2 heterocycles. The molecule has 0 aliphatic heterocycles. The van der Waals surface area contributed by atoms with Gasteiger partial charge in [-0.1, -0.05) is 6.07 Å². The minimum Gasteiger partial charge on any atom is -0.325 e. The van der Waals surface area contributed by atoms with Gasteiger partial charge in [-0.05, 0) is 25.3 Å². The SMILES string of the molecule is CC(C)(N)Cc1csc(-c2cccs2)n1. The van der Waals surface area contributed by atoms with Crippen LogP contribution in [0.15, 0.2) is 22.9 Å². The van der Waals surface area contributed by atoms with E-state index in [4.69, 9.17) is 5.73 Å². The normalized spacial score (nSPS) is 11.9. The standard InChI is InChI=1S/C11H14N2S2/c1-11(2,12)6-8-7-15-10(13-8)9-4-3-5-14-9/h3-5,7H,6,12H2,1-2H3. The monoisotopic (exact) mass is 238 g/mol. The zero-order chi connectivity index (χ0) is 10.9. The highest BCUT2D eigenvalue weighted by Crippen LogP contribution is 2.28. The van der Waals surface area contributed by atoms with Crippen molar-refractivity contribution in [2.75, 3.05) is 0 Å². The summed E-state index contributed by atoms with van der Waals surface area (Å²) in [6, 6.07) is 4.15. The van der Waals surface area contributed by atoms with Gasteiger partial charge in [-0.3, -0.25) is 0 Å². The van der Waals surface area contributed by atoms with Crippen LogP contribution in [-0.2, 0) is 6.42 Å². The summed E-state index contributed by atoms with van der Waals surface area (Å²) in [5.74, 6) is 0. The van der Waals surface area contributed by atoms with Crippen molar-refractivity contribution < 1.29 is 0 Å². The van der Waals surface area contributed by atoms with E-state index in [1.165, 1.54) is 4.88 Å². The first-order chi connectivity index (χ1) is 7.04. The second kappa shape index (κ2) is 4.04. The maximum absolute atomic E-state index is 5.96. The van der Waals surface area contributed by atoms with Crippen molar-refractivity contribution in [3.8, 4) is 9.88 Å². The first-order valence-electron chi connectivity index (χ1n) is 4.82. The summed E-state index contributed by atoms with van der Waals surface area (Å²) in [5, 5.41) is 5.27. The average molecular weight is 238 g/mol. The molecule has 0 fully saturated rings. The summed E-state index contributed by atoms with van der Waals surface area (Å²) in [4.78, 5) is 5.82. The van der Waals surface area contributed by atoms with E-state index in [1.807, 2.05) is 19.9 Å². The molecular formula is C11H14N2S2. The summed E-state index contributed by atoms with van der Waals surface area (Å²) in [5.41, 5.74) is 6.88. The molecule has 0 saturated carbocycles. The lowest BCUT2D eigenvalue weighted by Gasteiger charge is -2.15. The first kappa shape index (κ1) is 10.8. The third-order valence-electron chi connectivity index (χ3n) is 1.92. The summed E-state index contributed by atoms with van der Waals surface area (Å²) in [6.45, 7) is 4.05. The minimum atomic E-state index is -0.180. The lowest BCUT2D eigenvalue weighted by molar-refractivity contribution is 0.511. The zero-order valence-electron chi connectivity index (χ0n) is 8.86. The van der Waals surface area contributed by atoms with Crippen molar-refractivity contribution in [3.05, 3.63) is 28.6 Å². The fourth-order valence-electron chi connectivity index (χ4n) is 1.37. The molecule has 15 heavy (non-hydrogen) atoms. The first-order valence-corrected chi connectivity index (χ1v) is 6.58. The smallest absolute Gasteiger partial charge is 0.133 e. The molecule has 2 aromatic rings. The Kier molecular flexibility index (Phi) is 2.91. The third kappa shape index (κ3) is 2.87. The number of nitrogens with zero attached hydrogens (tertiary/aromatic N) is 1. The van der Waals surface area contributed by atoms with E-state index in [1.54, 1.807) is 22.7 Å². The van der Waals surface area contributed by atoms with Crippen molar-refractivity contribution >= 4 is 22.7 Å². The third-order valence-corrected chi connectivity index (χ3v) is 3.85. The second-order valence-corrected chi connectivity index (χ2v) is 6.09. The van der Waals surface area contributed by atoms with Gasteiger partial charge in [-0.2, -0.15) is 0 Å². The predicted octanol–water partition coefficient (Wildman–Crippen LogP) is 3.15. The number of hydrogen-bond acceptors (Lipinski definition) is 4. The number of nitrogens with two attached hydrogens (primary N) is 1. The molecule has 0 atom stereocenters. The van der Waals surface area contributed by atoms with Gasteiger partial charge in [0.1, 0.15) is 5.01 Å². The van der Waals surface area contributed by atoms with Crippen molar-refractivity contribution in [3.63, 3.8) is 0 Å². The van der Waals surface area contributed by atoms with Gasteiger partial charge in [0.15, 0.2) is 0 Å². The Morgan fingerprint density at radius 3 is 2.80 bits per heavy atom. The molecule has 0 saturated heterocycles. The Labute approximate surface area is 97.8 Å². The van der Waals surface area contributed by atoms with E-state index in [9.17, 15) is 0 Å². The Balaban J connectivity index is 2.18. The van der Waals surface area contributed by atoms with Crippen LogP contribution in [0.2, 0.25) is 0 Å². The topological polar surface area (TPSA) is 38.9 Å². The summed E-state index contributed by atoms with van der Waals surface area (Å²) >= 11 is 3.42. The van der Waals surface area contributed by atoms with E-state index in [-0.39, 0.29) is 5.54 Å². The highest BCUT2D eigenvalue weighted by atomic mass is 32.1. The van der Waals surface area contributed by atoms with Gasteiger partial charge < -0.3 is 5.73 Å². The molecule has 0 amide bonds. The quantitative estimate of drug-likeness (QED) is 0.892. The minimum absolute atomic E-state index is 0.180. The van der Waals surface area contributed by atoms with E-state index < -0.39 is 0 Å². The van der Waals surface area contributed by atoms with Crippen molar-refractivity contribution in [2.24, 2.45) is 5.73 Å². The number of rotatable bonds is 3. The molecule has 0 radical (unpaired) electrons. The molecular weight excluding hydrogens is 224 g/mol. The number of aromatic nitrogens is 1. The Morgan fingerprint density at radius 2 is 2.20 bits per heavy atom. The molecule has 0 bridgehead atoms. The Morgan fingerprint density at radius 1 is 1.40 bits per heavy atom. The fourth-order valence-corrected chi connectivity index (χ4v) is 3.00. The van der Waals surface area contributed by atoms with E-state index in [0.717, 1.165) is 17.1 Å². The van der Waals surface area contributed by atoms with Crippen LogP contribution in [0.5, 0.6) is 0 Å². The Bertz CT molecular complexity index is 424. The van der Waals surface area contributed by atoms with Gasteiger partial charge in [-0.25, -0.2) is 4.98 Å².